The summed E-state index contributed by atoms with van der Waals surface area (Å²) in [6.45, 7) is 8.54. The molecule has 6 heteroatoms. The van der Waals surface area contributed by atoms with Crippen molar-refractivity contribution in [3.63, 3.8) is 0 Å². The molecule has 1 aliphatic heterocycles. The van der Waals surface area contributed by atoms with Crippen molar-refractivity contribution in [1.82, 2.24) is 0 Å². The van der Waals surface area contributed by atoms with Crippen LogP contribution in [0.2, 0.25) is 0 Å². The Morgan fingerprint density at radius 3 is 0.958 bits per heavy atom. The van der Waals surface area contributed by atoms with Crippen molar-refractivity contribution in [2.24, 2.45) is 0 Å². The van der Waals surface area contributed by atoms with E-state index in [1.807, 2.05) is 0 Å². The average Bonchev–Trinajstić information content (AvgIpc) is 3.96. The number of hydrogen-bond donors (Lipinski definition) is 2. The summed E-state index contributed by atoms with van der Waals surface area (Å²) in [5.41, 5.74) is 0. The molecular weight excluding hydrogens is 600 g/mol. The number of carboxylic acids is 2. The Bertz CT molecular complexity index is 631. The Hall–Kier alpha value is -1.66. The Morgan fingerprint density at radius 2 is 0.708 bits per heavy atom. The van der Waals surface area contributed by atoms with Gasteiger partial charge < -0.3 is 19.7 Å². The van der Waals surface area contributed by atoms with Gasteiger partial charge in [-0.15, -0.1) is 0 Å². The van der Waals surface area contributed by atoms with Gasteiger partial charge in [0, 0.05) is 13.2 Å². The van der Waals surface area contributed by atoms with Crippen LogP contribution in [0.25, 0.3) is 0 Å². The molecule has 1 aliphatic rings. The van der Waals surface area contributed by atoms with Crippen molar-refractivity contribution in [2.75, 3.05) is 26.4 Å². The summed E-state index contributed by atoms with van der Waals surface area (Å²) < 4.78 is 10.4. The van der Waals surface area contributed by atoms with Crippen molar-refractivity contribution >= 4 is 11.9 Å². The molecule has 2 N–H and O–H groups in total. The molecule has 0 aromatic heterocycles. The summed E-state index contributed by atoms with van der Waals surface area (Å²) in [4.78, 5) is 19.3. The van der Waals surface area contributed by atoms with Gasteiger partial charge in [-0.05, 0) is 64.2 Å². The van der Waals surface area contributed by atoms with E-state index in [-0.39, 0.29) is 12.8 Å². The van der Waals surface area contributed by atoms with Gasteiger partial charge in [-0.25, -0.2) is 0 Å². The zero-order valence-corrected chi connectivity index (χ0v) is 31.9. The van der Waals surface area contributed by atoms with Crippen LogP contribution in [0.1, 0.15) is 206 Å². The van der Waals surface area contributed by atoms with Crippen molar-refractivity contribution in [3.05, 3.63) is 24.3 Å². The first kappa shape index (κ1) is 48.5. The fourth-order valence-corrected chi connectivity index (χ4v) is 5.22. The van der Waals surface area contributed by atoms with Crippen LogP contribution in [0.5, 0.6) is 0 Å². The predicted octanol–water partition coefficient (Wildman–Crippen LogP) is 13.0. The topological polar surface area (TPSA) is 96.4 Å². The number of aliphatic carboxylic acids is 2. The third-order valence-electron chi connectivity index (χ3n) is 8.36. The molecule has 0 unspecified atom stereocenters. The van der Waals surface area contributed by atoms with Crippen LogP contribution >= 0.6 is 0 Å². The minimum atomic E-state index is -1.08. The van der Waals surface area contributed by atoms with Crippen LogP contribution in [0.15, 0.2) is 24.3 Å². The summed E-state index contributed by atoms with van der Waals surface area (Å²) >= 11 is 0. The van der Waals surface area contributed by atoms with Crippen molar-refractivity contribution in [1.29, 1.82) is 0 Å². The van der Waals surface area contributed by atoms with Crippen molar-refractivity contribution in [2.45, 2.75) is 206 Å². The van der Waals surface area contributed by atoms with Crippen LogP contribution in [0.4, 0.5) is 0 Å². The number of allylic oxidation sites excluding steroid dienone is 4. The van der Waals surface area contributed by atoms with Crippen LogP contribution in [-0.4, -0.2) is 48.6 Å². The summed E-state index contributed by atoms with van der Waals surface area (Å²) in [6.07, 6.45) is 47.5. The molecule has 1 fully saturated rings. The van der Waals surface area contributed by atoms with E-state index >= 15 is 0 Å². The van der Waals surface area contributed by atoms with Crippen LogP contribution in [-0.2, 0) is 19.1 Å². The number of rotatable bonds is 35. The molecule has 0 radical (unpaired) electrons. The van der Waals surface area contributed by atoms with Gasteiger partial charge in [0.25, 0.3) is 0 Å². The first-order valence-corrected chi connectivity index (χ1v) is 20.4. The quantitative estimate of drug-likeness (QED) is 0.0393. The second kappa shape index (κ2) is 45.3. The van der Waals surface area contributed by atoms with Gasteiger partial charge in [-0.3, -0.25) is 9.59 Å². The number of carboxylic acid groups (broad SMARTS) is 2. The SMILES string of the molecule is C1CO1.CCCCCCCCC=CCCCCCCCCOCCCCCCCCC=CCCCCCCCC.O=C(O)CCC(=O)O. The van der Waals surface area contributed by atoms with E-state index in [1.165, 1.54) is 180 Å². The normalized spacial score (nSPS) is 12.1. The predicted molar refractivity (Wildman–Crippen MR) is 205 cm³/mol. The van der Waals surface area contributed by atoms with Crippen LogP contribution in [0.3, 0.4) is 0 Å². The lowest BCUT2D eigenvalue weighted by atomic mass is 10.1. The maximum atomic E-state index is 9.64. The Balaban J connectivity index is 0. The summed E-state index contributed by atoms with van der Waals surface area (Å²) in [6, 6.07) is 0. The Kier molecular flexibility index (Phi) is 45.8. The number of unbranched alkanes of at least 4 members (excludes halogenated alkanes) is 24. The molecule has 0 aliphatic carbocycles. The van der Waals surface area contributed by atoms with Gasteiger partial charge in [-0.2, -0.15) is 0 Å². The minimum Gasteiger partial charge on any atom is -0.481 e. The maximum Gasteiger partial charge on any atom is 0.303 e. The molecule has 0 aromatic carbocycles. The molecule has 6 nitrogen and oxygen atoms in total. The monoisotopic (exact) mass is 681 g/mol. The molecule has 1 saturated heterocycles. The second-order valence-electron chi connectivity index (χ2n) is 13.4. The highest BCUT2D eigenvalue weighted by Crippen LogP contribution is 2.12. The standard InChI is InChI=1S/C36H70O.C4H6O4.C2H4O/c1-3-5-7-9-11-13-15-17-19-21-23-25-27-29-31-33-35-37-36-34-32-30-28-26-24-22-20-18-16-14-12-10-8-6-4-2;5-3(6)1-2-4(7)8;1-2-3-1/h17-20H,3-16,21-36H2,1-2H3;1-2H2,(H,5,6)(H,7,8);1-2H2. The van der Waals surface area contributed by atoms with Gasteiger partial charge in [0.15, 0.2) is 0 Å². The van der Waals surface area contributed by atoms with Gasteiger partial charge in [-0.1, -0.05) is 154 Å². The zero-order valence-electron chi connectivity index (χ0n) is 31.9. The molecular formula is C42H80O6. The van der Waals surface area contributed by atoms with E-state index in [1.54, 1.807) is 0 Å². The Labute approximate surface area is 297 Å². The minimum absolute atomic E-state index is 0.296. The third kappa shape index (κ3) is 56.7. The zero-order chi connectivity index (χ0) is 35.4. The van der Waals surface area contributed by atoms with E-state index in [0.717, 1.165) is 26.4 Å². The highest BCUT2D eigenvalue weighted by molar-refractivity contribution is 5.75. The highest BCUT2D eigenvalue weighted by Gasteiger charge is 2.00. The Morgan fingerprint density at radius 1 is 0.458 bits per heavy atom. The third-order valence-corrected chi connectivity index (χ3v) is 8.36. The van der Waals surface area contributed by atoms with E-state index < -0.39 is 11.9 Å². The van der Waals surface area contributed by atoms with Crippen LogP contribution < -0.4 is 0 Å². The fraction of sp³-hybridized carbons (Fsp3) is 0.857. The molecule has 0 saturated carbocycles. The number of ether oxygens (including phenoxy) is 2. The lowest BCUT2D eigenvalue weighted by Gasteiger charge is -2.05. The summed E-state index contributed by atoms with van der Waals surface area (Å²) in [5.74, 6) is -2.15. The van der Waals surface area contributed by atoms with Gasteiger partial charge in [0.1, 0.15) is 0 Å². The lowest BCUT2D eigenvalue weighted by molar-refractivity contribution is -0.143. The molecule has 0 amide bonds. The maximum absolute atomic E-state index is 9.64. The van der Waals surface area contributed by atoms with Gasteiger partial charge >= 0.3 is 11.9 Å². The molecule has 0 aromatic rings. The van der Waals surface area contributed by atoms with Crippen LogP contribution in [0, 0.1) is 0 Å². The largest absolute Gasteiger partial charge is 0.481 e. The second-order valence-corrected chi connectivity index (χ2v) is 13.4. The highest BCUT2D eigenvalue weighted by atomic mass is 16.6. The molecule has 284 valence electrons. The smallest absolute Gasteiger partial charge is 0.303 e. The number of carbonyl (C=O) groups is 2. The lowest BCUT2D eigenvalue weighted by Crippen LogP contribution is -2.00. The van der Waals surface area contributed by atoms with E-state index in [9.17, 15) is 9.59 Å². The van der Waals surface area contributed by atoms with E-state index in [2.05, 4.69) is 42.9 Å². The number of epoxide rings is 1. The van der Waals surface area contributed by atoms with Crippen molar-refractivity contribution in [3.8, 4) is 0 Å². The first-order valence-electron chi connectivity index (χ1n) is 20.4. The molecule has 1 heterocycles. The average molecular weight is 681 g/mol. The molecule has 1 rings (SSSR count). The van der Waals surface area contributed by atoms with E-state index in [4.69, 9.17) is 14.9 Å². The van der Waals surface area contributed by atoms with E-state index in [0.29, 0.717) is 0 Å². The first-order chi connectivity index (χ1) is 23.5. The number of hydrogen-bond acceptors (Lipinski definition) is 4. The molecule has 48 heavy (non-hydrogen) atoms. The summed E-state index contributed by atoms with van der Waals surface area (Å²) in [7, 11) is 0. The molecule has 0 atom stereocenters. The molecule has 0 spiro atoms. The van der Waals surface area contributed by atoms with Crippen molar-refractivity contribution < 1.29 is 29.3 Å². The molecule has 0 bridgehead atoms. The van der Waals surface area contributed by atoms with Gasteiger partial charge in [0.2, 0.25) is 0 Å². The van der Waals surface area contributed by atoms with Gasteiger partial charge in [0.05, 0.1) is 26.1 Å². The fourth-order valence-electron chi connectivity index (χ4n) is 5.22. The summed E-state index contributed by atoms with van der Waals surface area (Å²) in [5, 5.41) is 15.8.